The molecule has 14 heteroatoms. The summed E-state index contributed by atoms with van der Waals surface area (Å²) in [7, 11) is 1.84. The number of amides is 3. The van der Waals surface area contributed by atoms with Crippen molar-refractivity contribution in [1.82, 2.24) is 24.8 Å². The minimum Gasteiger partial charge on any atom is -0.385 e. The van der Waals surface area contributed by atoms with Gasteiger partial charge >= 0.3 is 0 Å². The van der Waals surface area contributed by atoms with E-state index in [2.05, 4.69) is 65.5 Å². The van der Waals surface area contributed by atoms with Crippen molar-refractivity contribution in [2.75, 3.05) is 79.4 Å². The van der Waals surface area contributed by atoms with Gasteiger partial charge in [0.2, 0.25) is 11.8 Å². The van der Waals surface area contributed by atoms with E-state index in [0.717, 1.165) is 67.6 Å². The van der Waals surface area contributed by atoms with Crippen molar-refractivity contribution in [3.63, 3.8) is 0 Å². The third-order valence-corrected chi connectivity index (χ3v) is 14.1. The second kappa shape index (κ2) is 16.6. The topological polar surface area (TPSA) is 144 Å². The van der Waals surface area contributed by atoms with Crippen molar-refractivity contribution in [1.29, 1.82) is 0 Å². The summed E-state index contributed by atoms with van der Waals surface area (Å²) in [6.07, 6.45) is 15.1. The maximum absolute atomic E-state index is 12.6. The lowest BCUT2D eigenvalue weighted by atomic mass is 9.71. The smallest absolute Gasteiger partial charge is 0.269 e. The Kier molecular flexibility index (Phi) is 11.2. The van der Waals surface area contributed by atoms with Crippen molar-refractivity contribution in [2.24, 2.45) is 17.1 Å². The average Bonchev–Trinajstić information content (AvgIpc) is 3.97. The summed E-state index contributed by atoms with van der Waals surface area (Å²) in [5.74, 6) is 0.0903. The number of carbonyl (C=O) groups is 3. The zero-order chi connectivity index (χ0) is 40.7. The average molecular weight is 821 g/mol. The van der Waals surface area contributed by atoms with Crippen LogP contribution >= 0.6 is 11.6 Å². The molecule has 3 amide bonds. The fraction of sp³-hybridized carbons (Fsp3) is 0.533. The Bertz CT molecular complexity index is 2210. The molecule has 1 atom stereocenters. The van der Waals surface area contributed by atoms with Gasteiger partial charge in [0.05, 0.1) is 17.8 Å². The number of nitrogens with zero attached hydrogens (tertiary/aromatic N) is 7. The number of piperidine rings is 4. The van der Waals surface area contributed by atoms with E-state index in [1.54, 1.807) is 4.52 Å². The number of benzene rings is 2. The maximum Gasteiger partial charge on any atom is 0.269 e. The zero-order valence-electron chi connectivity index (χ0n) is 34.2. The van der Waals surface area contributed by atoms with Crippen LogP contribution in [-0.4, -0.2) is 96.6 Å². The van der Waals surface area contributed by atoms with Gasteiger partial charge < -0.3 is 30.7 Å². The second-order valence-corrected chi connectivity index (χ2v) is 18.0. The van der Waals surface area contributed by atoms with Gasteiger partial charge in [0.25, 0.3) is 5.91 Å². The van der Waals surface area contributed by atoms with E-state index in [1.807, 2.05) is 19.2 Å². The third kappa shape index (κ3) is 8.20. The first-order valence-corrected chi connectivity index (χ1v) is 22.2. The molecule has 1 aliphatic carbocycles. The highest BCUT2D eigenvalue weighted by Gasteiger charge is 2.39. The van der Waals surface area contributed by atoms with Crippen LogP contribution in [0, 0.1) is 11.3 Å². The molecule has 4 aromatic rings. The molecule has 10 rings (SSSR count). The fourth-order valence-electron chi connectivity index (χ4n) is 10.0. The van der Waals surface area contributed by atoms with Crippen LogP contribution in [0.1, 0.15) is 98.2 Å². The molecule has 312 valence electrons. The molecular weight excluding hydrogens is 764 g/mol. The molecule has 0 bridgehead atoms. The molecule has 5 aliphatic heterocycles. The number of anilines is 5. The molecule has 1 saturated carbocycles. The zero-order valence-corrected chi connectivity index (χ0v) is 35.0. The number of halogens is 1. The van der Waals surface area contributed by atoms with Gasteiger partial charge in [-0.25, -0.2) is 9.50 Å². The lowest BCUT2D eigenvalue weighted by molar-refractivity contribution is -0.134. The van der Waals surface area contributed by atoms with E-state index in [-0.39, 0.29) is 23.4 Å². The molecule has 1 unspecified atom stereocenters. The van der Waals surface area contributed by atoms with Gasteiger partial charge in [0, 0.05) is 86.5 Å². The van der Waals surface area contributed by atoms with Crippen molar-refractivity contribution in [3.05, 3.63) is 70.5 Å². The van der Waals surface area contributed by atoms with Crippen LogP contribution in [0.15, 0.2) is 48.7 Å². The predicted molar refractivity (Wildman–Crippen MR) is 233 cm³/mol. The summed E-state index contributed by atoms with van der Waals surface area (Å²) >= 11 is 6.57. The maximum atomic E-state index is 12.6. The molecule has 2 aromatic heterocycles. The Morgan fingerprint density at radius 3 is 2.32 bits per heavy atom. The van der Waals surface area contributed by atoms with Crippen molar-refractivity contribution in [3.8, 4) is 0 Å². The van der Waals surface area contributed by atoms with Crippen LogP contribution in [0.2, 0.25) is 5.02 Å². The Labute approximate surface area is 351 Å². The van der Waals surface area contributed by atoms with Gasteiger partial charge in [-0.1, -0.05) is 36.9 Å². The van der Waals surface area contributed by atoms with E-state index < -0.39 is 5.91 Å². The number of imidazole rings is 1. The minimum absolute atomic E-state index is 0.205. The summed E-state index contributed by atoms with van der Waals surface area (Å²) in [5.41, 5.74) is 13.5. The molecule has 1 spiro atoms. The standard InChI is InChI=1S/C42H51ClN10O3.C3H6/c1-45-33-24-37(48-53-36(39(44)55)25-46-40(33)53)52-18-11-30-34(3-2-4-35(30)52)51-16-9-27(10-17-51)26-49-19-12-42(13-20-49)14-21-50(22-15-42)28-5-7-32(43)31(23-28)29-6-8-38(54)47-41(29)56;1-2-3-1/h2-5,7,23-25,27,29,45H,6,8-22,26H2,1H3,(H2,44,55)(H,47,54,56);1-3H2. The van der Waals surface area contributed by atoms with Crippen LogP contribution in [0.5, 0.6) is 0 Å². The summed E-state index contributed by atoms with van der Waals surface area (Å²) in [5, 5.41) is 11.1. The number of hydrogen-bond acceptors (Lipinski definition) is 10. The van der Waals surface area contributed by atoms with Gasteiger partial charge in [0.15, 0.2) is 11.5 Å². The molecule has 59 heavy (non-hydrogen) atoms. The van der Waals surface area contributed by atoms with E-state index in [1.165, 1.54) is 94.9 Å². The number of nitrogens with one attached hydrogen (secondary N) is 2. The molecule has 7 heterocycles. The number of fused-ring (bicyclic) bond motifs is 2. The number of hydrogen-bond donors (Lipinski definition) is 3. The Balaban J connectivity index is 0.00000143. The lowest BCUT2D eigenvalue weighted by Crippen LogP contribution is -2.48. The second-order valence-electron chi connectivity index (χ2n) is 17.6. The monoisotopic (exact) mass is 820 g/mol. The number of aromatic nitrogens is 3. The highest BCUT2D eigenvalue weighted by Crippen LogP contribution is 2.44. The van der Waals surface area contributed by atoms with Gasteiger partial charge in [0.1, 0.15) is 5.69 Å². The number of imide groups is 1. The Morgan fingerprint density at radius 2 is 1.63 bits per heavy atom. The van der Waals surface area contributed by atoms with Crippen LogP contribution in [0.4, 0.5) is 28.6 Å². The summed E-state index contributed by atoms with van der Waals surface area (Å²) in [6, 6.07) is 14.7. The normalized spacial score (nSPS) is 21.9. The largest absolute Gasteiger partial charge is 0.385 e. The molecule has 6 aliphatic rings. The van der Waals surface area contributed by atoms with E-state index in [4.69, 9.17) is 22.4 Å². The van der Waals surface area contributed by atoms with Crippen LogP contribution in [0.25, 0.3) is 5.65 Å². The fourth-order valence-corrected chi connectivity index (χ4v) is 10.3. The molecule has 5 fully saturated rings. The number of nitrogens with two attached hydrogens (primary N) is 1. The molecule has 0 radical (unpaired) electrons. The lowest BCUT2D eigenvalue weighted by Gasteiger charge is -2.48. The first-order valence-electron chi connectivity index (χ1n) is 21.8. The molecule has 4 saturated heterocycles. The Morgan fingerprint density at radius 1 is 0.898 bits per heavy atom. The Hall–Kier alpha value is -4.88. The van der Waals surface area contributed by atoms with E-state index in [9.17, 15) is 14.4 Å². The van der Waals surface area contributed by atoms with Gasteiger partial charge in [-0.3, -0.25) is 19.7 Å². The SMILES string of the molecule is C1CC1.CNc1cc(N2CCc3c(N4CCC(CN5CCC6(CC5)CCN(c5ccc(Cl)c(C7CCC(=O)NC7=O)c5)CC6)CC4)cccc32)nn2c(C(N)=O)cnc12. The summed E-state index contributed by atoms with van der Waals surface area (Å²) < 4.78 is 1.55. The van der Waals surface area contributed by atoms with Crippen molar-refractivity contribution < 1.29 is 14.4 Å². The first-order chi connectivity index (χ1) is 28.7. The highest BCUT2D eigenvalue weighted by molar-refractivity contribution is 6.31. The van der Waals surface area contributed by atoms with Crippen LogP contribution in [0.3, 0.4) is 0 Å². The van der Waals surface area contributed by atoms with Crippen LogP contribution in [-0.2, 0) is 16.0 Å². The van der Waals surface area contributed by atoms with E-state index >= 15 is 0 Å². The van der Waals surface area contributed by atoms with Crippen molar-refractivity contribution in [2.45, 2.75) is 83.0 Å². The van der Waals surface area contributed by atoms with E-state index in [0.29, 0.717) is 34.8 Å². The van der Waals surface area contributed by atoms with Crippen LogP contribution < -0.4 is 31.1 Å². The minimum atomic E-state index is -0.557. The van der Waals surface area contributed by atoms with Gasteiger partial charge in [-0.2, -0.15) is 0 Å². The number of primary amides is 1. The molecular formula is C45H57ClN10O3. The summed E-state index contributed by atoms with van der Waals surface area (Å²) in [6.45, 7) is 8.51. The molecule has 2 aromatic carbocycles. The first kappa shape index (κ1) is 39.6. The summed E-state index contributed by atoms with van der Waals surface area (Å²) in [4.78, 5) is 50.8. The number of rotatable bonds is 8. The quantitative estimate of drug-likeness (QED) is 0.169. The van der Waals surface area contributed by atoms with Gasteiger partial charge in [-0.05, 0) is 112 Å². The predicted octanol–water partition coefficient (Wildman–Crippen LogP) is 6.51. The number of carbonyl (C=O) groups excluding carboxylic acids is 3. The molecule has 4 N–H and O–H groups in total. The van der Waals surface area contributed by atoms with Gasteiger partial charge in [-0.15, -0.1) is 5.10 Å². The number of likely N-dealkylation sites (tertiary alicyclic amines) is 1. The highest BCUT2D eigenvalue weighted by atomic mass is 35.5. The van der Waals surface area contributed by atoms with Crippen molar-refractivity contribution >= 4 is 63.5 Å². The third-order valence-electron chi connectivity index (χ3n) is 13.8. The molecule has 13 nitrogen and oxygen atoms in total.